The highest BCUT2D eigenvalue weighted by molar-refractivity contribution is 7.92. The fourth-order valence-electron chi connectivity index (χ4n) is 3.53. The van der Waals surface area contributed by atoms with Gasteiger partial charge in [-0.2, -0.15) is 0 Å². The van der Waals surface area contributed by atoms with Gasteiger partial charge >= 0.3 is 0 Å². The number of hydrogen-bond donors (Lipinski definition) is 2. The minimum Gasteiger partial charge on any atom is -0.465 e. The molecule has 0 aliphatic carbocycles. The van der Waals surface area contributed by atoms with Gasteiger partial charge in [0.25, 0.3) is 0 Å². The lowest BCUT2D eigenvalue weighted by Gasteiger charge is -2.31. The number of ether oxygens (including phenoxy) is 4. The fraction of sp³-hybridized carbons (Fsp3) is 0.696. The zero-order valence-corrected chi connectivity index (χ0v) is 22.8. The van der Waals surface area contributed by atoms with Crippen LogP contribution in [-0.4, -0.2) is 60.6 Å². The molecule has 1 aliphatic heterocycles. The summed E-state index contributed by atoms with van der Waals surface area (Å²) in [5.41, 5.74) is 6.53. The van der Waals surface area contributed by atoms with Crippen LogP contribution in [0, 0.1) is 0 Å². The molecular formula is C23H40N2O7SSi. The molecule has 2 rings (SSSR count). The molecule has 11 heteroatoms. The zero-order chi connectivity index (χ0) is 25.4. The molecule has 1 fully saturated rings. The minimum absolute atomic E-state index is 0.00685. The number of primary amides is 1. The monoisotopic (exact) mass is 516 g/mol. The lowest BCUT2D eigenvalue weighted by Crippen LogP contribution is -2.39. The highest BCUT2D eigenvalue weighted by Crippen LogP contribution is 2.29. The maximum absolute atomic E-state index is 12.1. The lowest BCUT2D eigenvalue weighted by molar-refractivity contribution is -0.214. The van der Waals surface area contributed by atoms with E-state index in [1.807, 2.05) is 0 Å². The molecule has 34 heavy (non-hydrogen) atoms. The van der Waals surface area contributed by atoms with Crippen molar-refractivity contribution in [1.82, 2.24) is 0 Å². The molecule has 0 saturated carbocycles. The van der Waals surface area contributed by atoms with Crippen LogP contribution in [0.5, 0.6) is 5.75 Å². The van der Waals surface area contributed by atoms with Gasteiger partial charge in [-0.05, 0) is 49.4 Å². The number of carbonyl (C=O) groups excluding carboxylic acids is 1. The predicted molar refractivity (Wildman–Crippen MR) is 135 cm³/mol. The molecule has 1 amide bonds. The van der Waals surface area contributed by atoms with Crippen LogP contribution in [0.4, 0.5) is 5.69 Å². The van der Waals surface area contributed by atoms with Crippen molar-refractivity contribution in [3.8, 4) is 5.75 Å². The van der Waals surface area contributed by atoms with Gasteiger partial charge in [-0.3, -0.25) is 9.52 Å². The first-order valence-electron chi connectivity index (χ1n) is 11.8. The van der Waals surface area contributed by atoms with E-state index in [4.69, 9.17) is 24.7 Å². The summed E-state index contributed by atoms with van der Waals surface area (Å²) in [6.07, 6.45) is 3.48. The van der Waals surface area contributed by atoms with Gasteiger partial charge in [-0.15, -0.1) is 0 Å². The summed E-state index contributed by atoms with van der Waals surface area (Å²) in [4.78, 5) is 12.1. The Bertz CT molecular complexity index is 905. The van der Waals surface area contributed by atoms with E-state index in [9.17, 15) is 13.2 Å². The van der Waals surface area contributed by atoms with E-state index in [1.165, 1.54) is 0 Å². The van der Waals surface area contributed by atoms with Crippen molar-refractivity contribution >= 4 is 29.7 Å². The SMILES string of the molecule is CCC1CCCC(O[C@@H](Cc2ccc(OCOCC[Si](C)(C)C)c(NS(C)(=O)=O)c2)C(N)=O)O1. The van der Waals surface area contributed by atoms with Crippen molar-refractivity contribution in [3.63, 3.8) is 0 Å². The number of amides is 1. The number of benzene rings is 1. The molecule has 1 aromatic carbocycles. The van der Waals surface area contributed by atoms with E-state index in [0.717, 1.165) is 31.6 Å². The number of carbonyl (C=O) groups is 1. The fourth-order valence-corrected chi connectivity index (χ4v) is 4.84. The smallest absolute Gasteiger partial charge is 0.247 e. The van der Waals surface area contributed by atoms with Gasteiger partial charge in [-0.25, -0.2) is 8.42 Å². The average molecular weight is 517 g/mol. The van der Waals surface area contributed by atoms with Gasteiger partial charge in [0.15, 0.2) is 13.1 Å². The largest absolute Gasteiger partial charge is 0.465 e. The molecule has 3 atom stereocenters. The molecule has 0 bridgehead atoms. The molecule has 3 N–H and O–H groups in total. The summed E-state index contributed by atoms with van der Waals surface area (Å²) < 4.78 is 49.3. The highest BCUT2D eigenvalue weighted by Gasteiger charge is 2.27. The van der Waals surface area contributed by atoms with Crippen LogP contribution in [0.25, 0.3) is 0 Å². The Morgan fingerprint density at radius 2 is 2.03 bits per heavy atom. The first-order valence-corrected chi connectivity index (χ1v) is 17.4. The number of hydrogen-bond acceptors (Lipinski definition) is 7. The number of nitrogens with one attached hydrogen (secondary N) is 1. The second-order valence-electron chi connectivity index (χ2n) is 9.94. The summed E-state index contributed by atoms with van der Waals surface area (Å²) in [6.45, 7) is 9.42. The number of nitrogens with two attached hydrogens (primary N) is 1. The van der Waals surface area contributed by atoms with Gasteiger partial charge in [0, 0.05) is 21.1 Å². The van der Waals surface area contributed by atoms with E-state index in [0.29, 0.717) is 24.3 Å². The highest BCUT2D eigenvalue weighted by atomic mass is 32.2. The third-order valence-corrected chi connectivity index (χ3v) is 7.75. The first kappa shape index (κ1) is 28.6. The Kier molecular flexibility index (Phi) is 10.8. The molecule has 0 radical (unpaired) electrons. The first-order chi connectivity index (χ1) is 15.9. The second-order valence-corrected chi connectivity index (χ2v) is 17.3. The summed E-state index contributed by atoms with van der Waals surface area (Å²) in [5.74, 6) is -0.268. The number of rotatable bonds is 14. The summed E-state index contributed by atoms with van der Waals surface area (Å²) >= 11 is 0. The van der Waals surface area contributed by atoms with Gasteiger partial charge < -0.3 is 24.7 Å². The molecule has 1 heterocycles. The van der Waals surface area contributed by atoms with E-state index in [-0.39, 0.29) is 25.0 Å². The van der Waals surface area contributed by atoms with E-state index in [1.54, 1.807) is 18.2 Å². The summed E-state index contributed by atoms with van der Waals surface area (Å²) in [6, 6.07) is 6.02. The van der Waals surface area contributed by atoms with Crippen LogP contribution < -0.4 is 15.2 Å². The molecule has 0 spiro atoms. The third kappa shape index (κ3) is 10.7. The normalized spacial score (nSPS) is 20.0. The van der Waals surface area contributed by atoms with Gasteiger partial charge in [-0.1, -0.05) is 32.6 Å². The zero-order valence-electron chi connectivity index (χ0n) is 21.0. The second kappa shape index (κ2) is 12.9. The molecule has 0 aromatic heterocycles. The molecule has 194 valence electrons. The van der Waals surface area contributed by atoms with Crippen LogP contribution in [-0.2, 0) is 35.4 Å². The van der Waals surface area contributed by atoms with Crippen molar-refractivity contribution in [3.05, 3.63) is 23.8 Å². The summed E-state index contributed by atoms with van der Waals surface area (Å²) in [5, 5.41) is 0. The average Bonchev–Trinajstić information content (AvgIpc) is 2.72. The Labute approximate surface area is 204 Å². The van der Waals surface area contributed by atoms with Crippen molar-refractivity contribution in [2.45, 2.75) is 83.2 Å². The Morgan fingerprint density at radius 3 is 2.65 bits per heavy atom. The standard InChI is InChI=1S/C23H40N2O7SSi/c1-6-18-8-7-9-22(31-18)32-21(23(24)26)15-17-10-11-20(19(14-17)25-33(2,27)28)30-16-29-12-13-34(3,4)5/h10-11,14,18,21-22,25H,6-9,12-13,15-16H2,1-5H3,(H2,24,26)/t18?,21-,22?/m0/s1. The number of sulfonamides is 1. The van der Waals surface area contributed by atoms with Crippen LogP contribution in [0.1, 0.15) is 38.2 Å². The van der Waals surface area contributed by atoms with Crippen LogP contribution >= 0.6 is 0 Å². The van der Waals surface area contributed by atoms with Gasteiger partial charge in [0.2, 0.25) is 15.9 Å². The van der Waals surface area contributed by atoms with Crippen molar-refractivity contribution in [1.29, 1.82) is 0 Å². The Hall–Kier alpha value is -1.66. The maximum atomic E-state index is 12.1. The van der Waals surface area contributed by atoms with Crippen LogP contribution in [0.15, 0.2) is 18.2 Å². The molecule has 1 aliphatic rings. The summed E-state index contributed by atoms with van der Waals surface area (Å²) in [7, 11) is -4.77. The van der Waals surface area contributed by atoms with Crippen LogP contribution in [0.2, 0.25) is 25.7 Å². The Morgan fingerprint density at radius 1 is 1.29 bits per heavy atom. The quantitative estimate of drug-likeness (QED) is 0.220. The van der Waals surface area contributed by atoms with Crippen LogP contribution in [0.3, 0.4) is 0 Å². The van der Waals surface area contributed by atoms with E-state index in [2.05, 4.69) is 31.3 Å². The van der Waals surface area contributed by atoms with Crippen molar-refractivity contribution in [2.24, 2.45) is 5.73 Å². The van der Waals surface area contributed by atoms with Crippen molar-refractivity contribution < 1.29 is 32.2 Å². The molecule has 2 unspecified atom stereocenters. The lowest BCUT2D eigenvalue weighted by atomic mass is 10.0. The minimum atomic E-state index is -3.56. The molecule has 1 aromatic rings. The molecular weight excluding hydrogens is 476 g/mol. The van der Waals surface area contributed by atoms with E-state index >= 15 is 0 Å². The maximum Gasteiger partial charge on any atom is 0.247 e. The topological polar surface area (TPSA) is 126 Å². The third-order valence-electron chi connectivity index (χ3n) is 5.45. The van der Waals surface area contributed by atoms with Gasteiger partial charge in [0.05, 0.1) is 18.0 Å². The van der Waals surface area contributed by atoms with Crippen molar-refractivity contribution in [2.75, 3.05) is 24.4 Å². The van der Waals surface area contributed by atoms with E-state index < -0.39 is 36.4 Å². The Balaban J connectivity index is 2.08. The van der Waals surface area contributed by atoms with Gasteiger partial charge in [0.1, 0.15) is 11.9 Å². The molecule has 1 saturated heterocycles. The number of anilines is 1. The predicted octanol–water partition coefficient (Wildman–Crippen LogP) is 3.47. The molecule has 9 nitrogen and oxygen atoms in total.